The van der Waals surface area contributed by atoms with Crippen molar-refractivity contribution in [3.63, 3.8) is 0 Å². The van der Waals surface area contributed by atoms with Crippen molar-refractivity contribution in [2.45, 2.75) is 13.8 Å². The lowest BCUT2D eigenvalue weighted by atomic mass is 10.1. The third-order valence-electron chi connectivity index (χ3n) is 3.38. The summed E-state index contributed by atoms with van der Waals surface area (Å²) in [6.45, 7) is 3.97. The quantitative estimate of drug-likeness (QED) is 0.834. The number of aryl methyl sites for hydroxylation is 2. The molecule has 1 amide bonds. The van der Waals surface area contributed by atoms with E-state index in [1.165, 1.54) is 23.9 Å². The number of benzene rings is 2. The maximum atomic E-state index is 13.2. The van der Waals surface area contributed by atoms with Crippen molar-refractivity contribution in [1.82, 2.24) is 5.32 Å². The smallest absolute Gasteiger partial charge is 0.264 e. The molecule has 0 aromatic heterocycles. The van der Waals surface area contributed by atoms with Crippen molar-refractivity contribution in [3.05, 3.63) is 69.9 Å². The second-order valence-electron chi connectivity index (χ2n) is 5.33. The Kier molecular flexibility index (Phi) is 4.30. The van der Waals surface area contributed by atoms with E-state index in [4.69, 9.17) is 0 Å². The van der Waals surface area contributed by atoms with Gasteiger partial charge in [0.2, 0.25) is 0 Å². The van der Waals surface area contributed by atoms with Gasteiger partial charge in [-0.25, -0.2) is 9.38 Å². The number of rotatable bonds is 2. The molecule has 1 heterocycles. The first-order valence-electron chi connectivity index (χ1n) is 7.14. The Morgan fingerprint density at radius 3 is 2.78 bits per heavy atom. The van der Waals surface area contributed by atoms with Gasteiger partial charge in [0, 0.05) is 0 Å². The molecule has 2 aromatic carbocycles. The Morgan fingerprint density at radius 2 is 2.00 bits per heavy atom. The molecule has 0 aliphatic carbocycles. The van der Waals surface area contributed by atoms with Crippen LogP contribution in [0.3, 0.4) is 0 Å². The van der Waals surface area contributed by atoms with Crippen LogP contribution in [0.2, 0.25) is 0 Å². The summed E-state index contributed by atoms with van der Waals surface area (Å²) in [6.07, 6.45) is 1.66. The van der Waals surface area contributed by atoms with Crippen LogP contribution in [0.15, 0.2) is 52.4 Å². The van der Waals surface area contributed by atoms with Crippen molar-refractivity contribution in [3.8, 4) is 0 Å². The van der Waals surface area contributed by atoms with E-state index >= 15 is 0 Å². The fraction of sp³-hybridized carbons (Fsp3) is 0.111. The maximum absolute atomic E-state index is 13.2. The molecule has 2 aromatic rings. The zero-order chi connectivity index (χ0) is 16.4. The molecule has 0 atom stereocenters. The standard InChI is InChI=1S/C18H15FN2OS/c1-11-6-7-12(2)15(8-11)20-18-21-17(22)16(23-18)10-13-4-3-5-14(19)9-13/h3-10H,1-2H3,(H,20,21,22)/b16-10+. The summed E-state index contributed by atoms with van der Waals surface area (Å²) >= 11 is 1.26. The Hall–Kier alpha value is -2.40. The molecule has 5 heteroatoms. The van der Waals surface area contributed by atoms with Crippen molar-refractivity contribution >= 4 is 34.6 Å². The summed E-state index contributed by atoms with van der Waals surface area (Å²) in [6, 6.07) is 12.1. The molecule has 1 aliphatic rings. The van der Waals surface area contributed by atoms with Crippen molar-refractivity contribution in [2.24, 2.45) is 4.99 Å². The summed E-state index contributed by atoms with van der Waals surface area (Å²) in [5, 5.41) is 3.28. The largest absolute Gasteiger partial charge is 0.300 e. The number of thioether (sulfide) groups is 1. The molecule has 1 N–H and O–H groups in total. The van der Waals surface area contributed by atoms with E-state index in [0.717, 1.165) is 16.8 Å². The van der Waals surface area contributed by atoms with E-state index in [9.17, 15) is 9.18 Å². The molecule has 3 nitrogen and oxygen atoms in total. The van der Waals surface area contributed by atoms with Gasteiger partial charge < -0.3 is 5.32 Å². The second kappa shape index (κ2) is 6.38. The zero-order valence-corrected chi connectivity index (χ0v) is 13.6. The SMILES string of the molecule is Cc1ccc(C)c(N=C2NC(=O)/C(=C\c3cccc(F)c3)S2)c1. The average molecular weight is 326 g/mol. The lowest BCUT2D eigenvalue weighted by Crippen LogP contribution is -2.19. The predicted octanol–water partition coefficient (Wildman–Crippen LogP) is 4.33. The first-order chi connectivity index (χ1) is 11.0. The number of carbonyl (C=O) groups is 1. The molecule has 1 saturated heterocycles. The van der Waals surface area contributed by atoms with Crippen LogP contribution in [0.5, 0.6) is 0 Å². The van der Waals surface area contributed by atoms with Crippen LogP contribution >= 0.6 is 11.8 Å². The van der Waals surface area contributed by atoms with Gasteiger partial charge >= 0.3 is 0 Å². The first-order valence-corrected chi connectivity index (χ1v) is 7.95. The molecule has 0 radical (unpaired) electrons. The lowest BCUT2D eigenvalue weighted by Gasteiger charge is -2.02. The highest BCUT2D eigenvalue weighted by molar-refractivity contribution is 8.18. The monoisotopic (exact) mass is 326 g/mol. The van der Waals surface area contributed by atoms with Gasteiger partial charge in [0.15, 0.2) is 5.17 Å². The Morgan fingerprint density at radius 1 is 1.17 bits per heavy atom. The molecule has 3 rings (SSSR count). The Balaban J connectivity index is 1.87. The van der Waals surface area contributed by atoms with E-state index in [2.05, 4.69) is 10.3 Å². The van der Waals surface area contributed by atoms with Crippen molar-refractivity contribution in [2.75, 3.05) is 0 Å². The number of nitrogens with zero attached hydrogens (tertiary/aromatic N) is 1. The normalized spacial score (nSPS) is 17.8. The number of halogens is 1. The van der Waals surface area contributed by atoms with E-state index in [1.54, 1.807) is 18.2 Å². The van der Waals surface area contributed by atoms with Gasteiger partial charge in [0.1, 0.15) is 5.82 Å². The molecular weight excluding hydrogens is 311 g/mol. The summed E-state index contributed by atoms with van der Waals surface area (Å²) in [7, 11) is 0. The molecule has 116 valence electrons. The molecule has 1 aliphatic heterocycles. The highest BCUT2D eigenvalue weighted by atomic mass is 32.2. The topological polar surface area (TPSA) is 41.5 Å². The molecule has 0 spiro atoms. The van der Waals surface area contributed by atoms with E-state index in [0.29, 0.717) is 15.6 Å². The van der Waals surface area contributed by atoms with Crippen LogP contribution in [0.1, 0.15) is 16.7 Å². The third kappa shape index (κ3) is 3.68. The zero-order valence-electron chi connectivity index (χ0n) is 12.8. The highest BCUT2D eigenvalue weighted by Crippen LogP contribution is 2.29. The number of nitrogens with one attached hydrogen (secondary N) is 1. The van der Waals surface area contributed by atoms with Crippen LogP contribution in [-0.2, 0) is 4.79 Å². The minimum atomic E-state index is -0.327. The number of amidine groups is 1. The Labute approximate surface area is 138 Å². The molecule has 23 heavy (non-hydrogen) atoms. The summed E-state index contributed by atoms with van der Waals surface area (Å²) < 4.78 is 13.2. The Bertz CT molecular complexity index is 843. The van der Waals surface area contributed by atoms with Crippen LogP contribution in [0.4, 0.5) is 10.1 Å². The highest BCUT2D eigenvalue weighted by Gasteiger charge is 2.24. The van der Waals surface area contributed by atoms with Gasteiger partial charge in [-0.2, -0.15) is 0 Å². The summed E-state index contributed by atoms with van der Waals surface area (Å²) in [5.74, 6) is -0.546. The van der Waals surface area contributed by atoms with Gasteiger partial charge in [0.05, 0.1) is 10.6 Å². The van der Waals surface area contributed by atoms with Crippen LogP contribution in [0, 0.1) is 19.7 Å². The average Bonchev–Trinajstić information content (AvgIpc) is 2.83. The molecule has 0 bridgehead atoms. The first kappa shape index (κ1) is 15.5. The molecule has 0 saturated carbocycles. The van der Waals surface area contributed by atoms with Gasteiger partial charge in [-0.1, -0.05) is 24.3 Å². The lowest BCUT2D eigenvalue weighted by molar-refractivity contribution is -0.115. The molecular formula is C18H15FN2OS. The van der Waals surface area contributed by atoms with Crippen LogP contribution in [-0.4, -0.2) is 11.1 Å². The summed E-state index contributed by atoms with van der Waals surface area (Å²) in [4.78, 5) is 17.1. The number of hydrogen-bond acceptors (Lipinski definition) is 3. The summed E-state index contributed by atoms with van der Waals surface area (Å²) in [5.41, 5.74) is 3.63. The number of aliphatic imine (C=N–C) groups is 1. The van der Waals surface area contributed by atoms with Gasteiger partial charge in [0.25, 0.3) is 5.91 Å². The third-order valence-corrected chi connectivity index (χ3v) is 4.29. The van der Waals surface area contributed by atoms with E-state index < -0.39 is 0 Å². The van der Waals surface area contributed by atoms with Crippen LogP contribution in [0.25, 0.3) is 6.08 Å². The van der Waals surface area contributed by atoms with Crippen molar-refractivity contribution < 1.29 is 9.18 Å². The number of amides is 1. The van der Waals surface area contributed by atoms with E-state index in [-0.39, 0.29) is 11.7 Å². The molecule has 1 fully saturated rings. The molecule has 0 unspecified atom stereocenters. The van der Waals surface area contributed by atoms with Gasteiger partial charge in [-0.05, 0) is 66.6 Å². The predicted molar refractivity (Wildman–Crippen MR) is 93.1 cm³/mol. The minimum absolute atomic E-state index is 0.219. The fourth-order valence-corrected chi connectivity index (χ4v) is 3.01. The minimum Gasteiger partial charge on any atom is -0.300 e. The van der Waals surface area contributed by atoms with Crippen LogP contribution < -0.4 is 5.32 Å². The fourth-order valence-electron chi connectivity index (χ4n) is 2.18. The van der Waals surface area contributed by atoms with Gasteiger partial charge in [-0.3, -0.25) is 4.79 Å². The number of hydrogen-bond donors (Lipinski definition) is 1. The number of carbonyl (C=O) groups excluding carboxylic acids is 1. The van der Waals surface area contributed by atoms with Gasteiger partial charge in [-0.15, -0.1) is 0 Å². The maximum Gasteiger partial charge on any atom is 0.264 e. The van der Waals surface area contributed by atoms with E-state index in [1.807, 2.05) is 32.0 Å². The van der Waals surface area contributed by atoms with Crippen molar-refractivity contribution in [1.29, 1.82) is 0 Å². The second-order valence-corrected chi connectivity index (χ2v) is 6.36.